The summed E-state index contributed by atoms with van der Waals surface area (Å²) in [5.74, 6) is 0.779. The standard InChI is InChI=1S/C12H10N2OS/c1-15-9-4-2-3-8(5-9)10-7-16-11(6-13)12(10)14/h2-5,7H,14H2,1H3. The number of thiophene rings is 1. The van der Waals surface area contributed by atoms with Gasteiger partial charge in [-0.2, -0.15) is 5.26 Å². The van der Waals surface area contributed by atoms with Gasteiger partial charge in [0.2, 0.25) is 0 Å². The van der Waals surface area contributed by atoms with Crippen molar-refractivity contribution in [3.8, 4) is 22.9 Å². The lowest BCUT2D eigenvalue weighted by Crippen LogP contribution is -1.89. The second kappa shape index (κ2) is 4.25. The topological polar surface area (TPSA) is 59.0 Å². The molecule has 2 aromatic rings. The fourth-order valence-corrected chi connectivity index (χ4v) is 2.26. The molecule has 0 saturated carbocycles. The summed E-state index contributed by atoms with van der Waals surface area (Å²) in [6.45, 7) is 0. The van der Waals surface area contributed by atoms with Gasteiger partial charge in [0.05, 0.1) is 12.8 Å². The lowest BCUT2D eigenvalue weighted by atomic mass is 10.1. The van der Waals surface area contributed by atoms with Gasteiger partial charge in [0.1, 0.15) is 16.7 Å². The molecule has 1 aromatic carbocycles. The van der Waals surface area contributed by atoms with Crippen LogP contribution in [0.4, 0.5) is 5.69 Å². The molecule has 1 heterocycles. The van der Waals surface area contributed by atoms with Gasteiger partial charge in [0.15, 0.2) is 0 Å². The van der Waals surface area contributed by atoms with Crippen molar-refractivity contribution in [1.82, 2.24) is 0 Å². The van der Waals surface area contributed by atoms with Crippen LogP contribution in [0.5, 0.6) is 5.75 Å². The minimum Gasteiger partial charge on any atom is -0.497 e. The number of nitriles is 1. The van der Waals surface area contributed by atoms with Crippen molar-refractivity contribution in [1.29, 1.82) is 5.26 Å². The van der Waals surface area contributed by atoms with E-state index in [1.165, 1.54) is 11.3 Å². The third-order valence-corrected chi connectivity index (χ3v) is 3.21. The molecule has 0 aliphatic carbocycles. The molecule has 0 amide bonds. The van der Waals surface area contributed by atoms with Crippen LogP contribution in [-0.2, 0) is 0 Å². The lowest BCUT2D eigenvalue weighted by molar-refractivity contribution is 0.415. The largest absolute Gasteiger partial charge is 0.497 e. The average Bonchev–Trinajstić information content (AvgIpc) is 2.70. The van der Waals surface area contributed by atoms with Gasteiger partial charge in [-0.1, -0.05) is 12.1 Å². The minimum absolute atomic E-state index is 0.542. The van der Waals surface area contributed by atoms with Gasteiger partial charge >= 0.3 is 0 Å². The van der Waals surface area contributed by atoms with Gasteiger partial charge < -0.3 is 10.5 Å². The van der Waals surface area contributed by atoms with E-state index in [1.807, 2.05) is 29.6 Å². The van der Waals surface area contributed by atoms with Gasteiger partial charge in [-0.25, -0.2) is 0 Å². The van der Waals surface area contributed by atoms with E-state index < -0.39 is 0 Å². The molecule has 0 bridgehead atoms. The van der Waals surface area contributed by atoms with E-state index in [0.29, 0.717) is 10.6 Å². The van der Waals surface area contributed by atoms with Crippen molar-refractivity contribution in [2.24, 2.45) is 0 Å². The number of hydrogen-bond acceptors (Lipinski definition) is 4. The van der Waals surface area contributed by atoms with Crippen LogP contribution in [0.25, 0.3) is 11.1 Å². The summed E-state index contributed by atoms with van der Waals surface area (Å²) in [6.07, 6.45) is 0. The number of nitrogens with zero attached hydrogens (tertiary/aromatic N) is 1. The molecule has 0 fully saturated rings. The van der Waals surface area contributed by atoms with E-state index in [1.54, 1.807) is 7.11 Å². The highest BCUT2D eigenvalue weighted by molar-refractivity contribution is 7.11. The van der Waals surface area contributed by atoms with Gasteiger partial charge in [-0.15, -0.1) is 11.3 Å². The molecule has 0 unspecified atom stereocenters. The van der Waals surface area contributed by atoms with Crippen molar-refractivity contribution in [3.63, 3.8) is 0 Å². The highest BCUT2D eigenvalue weighted by Crippen LogP contribution is 2.34. The van der Waals surface area contributed by atoms with Crippen LogP contribution in [0.1, 0.15) is 4.88 Å². The Hall–Kier alpha value is -1.99. The third kappa shape index (κ3) is 1.73. The van der Waals surface area contributed by atoms with Gasteiger partial charge in [0, 0.05) is 10.9 Å². The minimum atomic E-state index is 0.542. The first-order valence-corrected chi connectivity index (χ1v) is 5.55. The summed E-state index contributed by atoms with van der Waals surface area (Å²) in [4.78, 5) is 0.554. The maximum atomic E-state index is 8.84. The highest BCUT2D eigenvalue weighted by atomic mass is 32.1. The Kier molecular flexibility index (Phi) is 2.80. The number of benzene rings is 1. The van der Waals surface area contributed by atoms with E-state index in [2.05, 4.69) is 6.07 Å². The molecule has 2 rings (SSSR count). The van der Waals surface area contributed by atoms with Crippen molar-refractivity contribution in [3.05, 3.63) is 34.5 Å². The van der Waals surface area contributed by atoms with E-state index in [0.717, 1.165) is 16.9 Å². The fraction of sp³-hybridized carbons (Fsp3) is 0.0833. The molecule has 0 aliphatic rings. The number of hydrogen-bond donors (Lipinski definition) is 1. The van der Waals surface area contributed by atoms with Crippen LogP contribution in [-0.4, -0.2) is 7.11 Å². The number of rotatable bonds is 2. The zero-order valence-corrected chi connectivity index (χ0v) is 9.54. The van der Waals surface area contributed by atoms with Crippen LogP contribution >= 0.6 is 11.3 Å². The Morgan fingerprint density at radius 3 is 2.88 bits per heavy atom. The Labute approximate surface area is 97.7 Å². The first-order valence-electron chi connectivity index (χ1n) is 4.67. The molecule has 0 saturated heterocycles. The summed E-state index contributed by atoms with van der Waals surface area (Å²) in [6, 6.07) is 9.70. The summed E-state index contributed by atoms with van der Waals surface area (Å²) in [7, 11) is 1.62. The van der Waals surface area contributed by atoms with Crippen molar-refractivity contribution >= 4 is 17.0 Å². The smallest absolute Gasteiger partial charge is 0.128 e. The van der Waals surface area contributed by atoms with Crippen molar-refractivity contribution in [2.45, 2.75) is 0 Å². The predicted molar refractivity (Wildman–Crippen MR) is 65.4 cm³/mol. The zero-order valence-electron chi connectivity index (χ0n) is 8.73. The van der Waals surface area contributed by atoms with Crippen molar-refractivity contribution in [2.75, 3.05) is 12.8 Å². The van der Waals surface area contributed by atoms with Crippen LogP contribution in [0.3, 0.4) is 0 Å². The van der Waals surface area contributed by atoms with Gasteiger partial charge in [-0.05, 0) is 17.7 Å². The normalized spacial score (nSPS) is 9.75. The molecule has 4 heteroatoms. The van der Waals surface area contributed by atoms with Crippen molar-refractivity contribution < 1.29 is 4.74 Å². The maximum Gasteiger partial charge on any atom is 0.128 e. The Morgan fingerprint density at radius 1 is 1.44 bits per heavy atom. The second-order valence-corrected chi connectivity index (χ2v) is 4.12. The Bertz CT molecular complexity index is 554. The monoisotopic (exact) mass is 230 g/mol. The van der Waals surface area contributed by atoms with E-state index in [4.69, 9.17) is 15.7 Å². The average molecular weight is 230 g/mol. The summed E-state index contributed by atoms with van der Waals surface area (Å²) in [5.41, 5.74) is 8.28. The molecule has 1 aromatic heterocycles. The lowest BCUT2D eigenvalue weighted by Gasteiger charge is -2.03. The van der Waals surface area contributed by atoms with E-state index in [-0.39, 0.29) is 0 Å². The number of nitrogens with two attached hydrogens (primary N) is 1. The zero-order chi connectivity index (χ0) is 11.5. The highest BCUT2D eigenvalue weighted by Gasteiger charge is 2.10. The molecule has 16 heavy (non-hydrogen) atoms. The quantitative estimate of drug-likeness (QED) is 0.863. The van der Waals surface area contributed by atoms with Crippen LogP contribution < -0.4 is 10.5 Å². The van der Waals surface area contributed by atoms with E-state index in [9.17, 15) is 0 Å². The molecule has 0 spiro atoms. The summed E-state index contributed by atoms with van der Waals surface area (Å²) < 4.78 is 5.15. The molecule has 0 aliphatic heterocycles. The number of ether oxygens (including phenoxy) is 1. The summed E-state index contributed by atoms with van der Waals surface area (Å²) in [5, 5.41) is 10.7. The Morgan fingerprint density at radius 2 is 2.25 bits per heavy atom. The van der Waals surface area contributed by atoms with Crippen LogP contribution in [0.15, 0.2) is 29.6 Å². The molecule has 0 radical (unpaired) electrons. The summed E-state index contributed by atoms with van der Waals surface area (Å²) >= 11 is 1.36. The first-order chi connectivity index (χ1) is 7.76. The molecular formula is C12H10N2OS. The SMILES string of the molecule is COc1cccc(-c2csc(C#N)c2N)c1. The fourth-order valence-electron chi connectivity index (χ4n) is 1.47. The maximum absolute atomic E-state index is 8.84. The number of anilines is 1. The predicted octanol–water partition coefficient (Wildman–Crippen LogP) is 2.88. The van der Waals surface area contributed by atoms with Gasteiger partial charge in [0.25, 0.3) is 0 Å². The molecule has 3 nitrogen and oxygen atoms in total. The molecule has 80 valence electrons. The van der Waals surface area contributed by atoms with E-state index >= 15 is 0 Å². The molecule has 2 N–H and O–H groups in total. The Balaban J connectivity index is 2.51. The molecular weight excluding hydrogens is 220 g/mol. The van der Waals surface area contributed by atoms with Gasteiger partial charge in [-0.3, -0.25) is 0 Å². The van der Waals surface area contributed by atoms with Crippen LogP contribution in [0, 0.1) is 11.3 Å². The first kappa shape index (κ1) is 10.5. The number of methoxy groups -OCH3 is 1. The second-order valence-electron chi connectivity index (χ2n) is 3.24. The number of nitrogen functional groups attached to an aromatic ring is 1. The third-order valence-electron chi connectivity index (χ3n) is 2.31. The molecule has 0 atom stereocenters. The van der Waals surface area contributed by atoms with Crippen LogP contribution in [0.2, 0.25) is 0 Å².